The third-order valence-corrected chi connectivity index (χ3v) is 7.78. The van der Waals surface area contributed by atoms with Crippen LogP contribution >= 0.6 is 23.2 Å². The highest BCUT2D eigenvalue weighted by Crippen LogP contribution is 2.64. The highest BCUT2D eigenvalue weighted by molar-refractivity contribution is 6.47. The minimum Gasteiger partial charge on any atom is -0.479 e. The van der Waals surface area contributed by atoms with Crippen molar-refractivity contribution in [1.29, 1.82) is 0 Å². The zero-order valence-electron chi connectivity index (χ0n) is 16.1. The van der Waals surface area contributed by atoms with Gasteiger partial charge in [0.15, 0.2) is 11.9 Å². The molecule has 0 amide bonds. The molecule has 1 saturated carbocycles. The number of carbonyl (C=O) groups excluding carboxylic acids is 1. The standard InChI is InChI=1S/C21H20Cl2O8/c22-12-9-6-21-4-3-7(5-21)14(24)13(23)11(21)8(9)1-2-10(12)30-20-17(27)15(25)16(26)18(31-20)19(28)29/h1-2,7,15-18,20,25-27H,3-6H2,(H,28,29)/t7-,15+,16+,17-,18+,20-,21+/m1/s1. The number of fused-ring (bicyclic) bond motifs is 3. The minimum atomic E-state index is -1.81. The molecular formula is C21H20Cl2O8. The van der Waals surface area contributed by atoms with Crippen LogP contribution in [0.1, 0.15) is 30.4 Å². The second-order valence-electron chi connectivity index (χ2n) is 8.71. The summed E-state index contributed by atoms with van der Waals surface area (Å²) in [6.07, 6.45) is -5.67. The van der Waals surface area contributed by atoms with Crippen LogP contribution in [0.4, 0.5) is 0 Å². The molecule has 1 heterocycles. The summed E-state index contributed by atoms with van der Waals surface area (Å²) in [6, 6.07) is 3.27. The van der Waals surface area contributed by atoms with Gasteiger partial charge in [0.25, 0.3) is 0 Å². The van der Waals surface area contributed by atoms with E-state index in [9.17, 15) is 30.0 Å². The molecule has 8 nitrogen and oxygen atoms in total. The van der Waals surface area contributed by atoms with E-state index in [1.54, 1.807) is 6.07 Å². The smallest absolute Gasteiger partial charge is 0.335 e. The van der Waals surface area contributed by atoms with Crippen LogP contribution in [0.5, 0.6) is 5.75 Å². The SMILES string of the molecule is O=C1C(Cl)=C2c3ccc(O[C@@H]4O[C@H](C(=O)O)[C@@H](O)[C@H](O)[C@H]4O)c(Cl)c3C[C@@]23CC[C@@H]1C3. The lowest BCUT2D eigenvalue weighted by Gasteiger charge is -2.38. The van der Waals surface area contributed by atoms with Gasteiger partial charge in [-0.25, -0.2) is 4.79 Å². The van der Waals surface area contributed by atoms with Crippen LogP contribution in [0, 0.1) is 11.3 Å². The number of aliphatic carboxylic acids is 1. The number of aliphatic hydroxyl groups excluding tert-OH is 3. The molecule has 0 radical (unpaired) electrons. The first-order chi connectivity index (χ1) is 14.6. The molecule has 4 N–H and O–H groups in total. The average molecular weight is 471 g/mol. The monoisotopic (exact) mass is 470 g/mol. The van der Waals surface area contributed by atoms with Gasteiger partial charge < -0.3 is 29.9 Å². The normalized spacial score (nSPS) is 38.8. The summed E-state index contributed by atoms with van der Waals surface area (Å²) in [5.41, 5.74) is 2.16. The van der Waals surface area contributed by atoms with Crippen molar-refractivity contribution in [2.45, 2.75) is 56.4 Å². The van der Waals surface area contributed by atoms with Crippen molar-refractivity contribution >= 4 is 40.5 Å². The van der Waals surface area contributed by atoms with Crippen molar-refractivity contribution in [3.63, 3.8) is 0 Å². The maximum Gasteiger partial charge on any atom is 0.335 e. The molecule has 1 spiro atoms. The predicted octanol–water partition coefficient (Wildman–Crippen LogP) is 1.49. The van der Waals surface area contributed by atoms with Crippen LogP contribution in [0.2, 0.25) is 5.02 Å². The van der Waals surface area contributed by atoms with Crippen molar-refractivity contribution in [2.24, 2.45) is 11.3 Å². The molecule has 4 aliphatic rings. The van der Waals surface area contributed by atoms with Gasteiger partial charge in [-0.3, -0.25) is 4.79 Å². The third kappa shape index (κ3) is 2.97. The molecule has 1 aromatic rings. The van der Waals surface area contributed by atoms with E-state index in [4.69, 9.17) is 32.7 Å². The molecule has 166 valence electrons. The van der Waals surface area contributed by atoms with Gasteiger partial charge in [0.05, 0.1) is 10.1 Å². The highest BCUT2D eigenvalue weighted by Gasteiger charge is 2.55. The van der Waals surface area contributed by atoms with Gasteiger partial charge in [0, 0.05) is 11.3 Å². The van der Waals surface area contributed by atoms with Gasteiger partial charge in [0.1, 0.15) is 24.1 Å². The van der Waals surface area contributed by atoms with Gasteiger partial charge in [-0.15, -0.1) is 0 Å². The minimum absolute atomic E-state index is 0.0277. The van der Waals surface area contributed by atoms with Crippen molar-refractivity contribution < 1.29 is 39.5 Å². The van der Waals surface area contributed by atoms with Crippen LogP contribution in [0.3, 0.4) is 0 Å². The lowest BCUT2D eigenvalue weighted by atomic mass is 9.74. The number of halogens is 2. The molecule has 1 saturated heterocycles. The summed E-state index contributed by atoms with van der Waals surface area (Å²) in [5, 5.41) is 39.7. The molecule has 3 aliphatic carbocycles. The molecule has 5 rings (SSSR count). The Morgan fingerprint density at radius 3 is 2.61 bits per heavy atom. The fourth-order valence-corrected chi connectivity index (χ4v) is 6.21. The number of aliphatic hydroxyl groups is 3. The quantitative estimate of drug-likeness (QED) is 0.521. The van der Waals surface area contributed by atoms with E-state index >= 15 is 0 Å². The van der Waals surface area contributed by atoms with Gasteiger partial charge in [-0.05, 0) is 48.4 Å². The number of Topliss-reactive ketones (excluding diaryl/α,β-unsaturated/α-hetero) is 1. The fourth-order valence-electron chi connectivity index (χ4n) is 5.48. The number of carboxylic acid groups (broad SMARTS) is 1. The van der Waals surface area contributed by atoms with E-state index in [0.717, 1.165) is 36.0 Å². The number of carbonyl (C=O) groups is 2. The van der Waals surface area contributed by atoms with E-state index in [1.807, 2.05) is 0 Å². The molecule has 1 aliphatic heterocycles. The van der Waals surface area contributed by atoms with Gasteiger partial charge in [0.2, 0.25) is 6.29 Å². The number of hydrogen-bond donors (Lipinski definition) is 4. The molecule has 2 bridgehead atoms. The largest absolute Gasteiger partial charge is 0.479 e. The Hall–Kier alpha value is -1.68. The van der Waals surface area contributed by atoms with E-state index in [2.05, 4.69) is 0 Å². The number of allylic oxidation sites excluding steroid dienone is 2. The maximum atomic E-state index is 12.5. The summed E-state index contributed by atoms with van der Waals surface area (Å²) in [7, 11) is 0. The summed E-state index contributed by atoms with van der Waals surface area (Å²) in [5.74, 6) is -1.46. The van der Waals surface area contributed by atoms with Crippen LogP contribution in [0.15, 0.2) is 17.2 Å². The number of ether oxygens (including phenoxy) is 2. The molecular weight excluding hydrogens is 451 g/mol. The first-order valence-electron chi connectivity index (χ1n) is 10.00. The van der Waals surface area contributed by atoms with Gasteiger partial charge in [-0.2, -0.15) is 0 Å². The van der Waals surface area contributed by atoms with E-state index in [-0.39, 0.29) is 32.9 Å². The van der Waals surface area contributed by atoms with Crippen molar-refractivity contribution in [3.8, 4) is 5.75 Å². The van der Waals surface area contributed by atoms with Crippen LogP contribution in [-0.4, -0.2) is 62.9 Å². The number of carboxylic acids is 1. The van der Waals surface area contributed by atoms with E-state index in [0.29, 0.717) is 6.42 Å². The lowest BCUT2D eigenvalue weighted by molar-refractivity contribution is -0.271. The zero-order chi connectivity index (χ0) is 22.2. The van der Waals surface area contributed by atoms with Crippen LogP contribution in [0.25, 0.3) is 5.57 Å². The van der Waals surface area contributed by atoms with Crippen LogP contribution < -0.4 is 4.74 Å². The van der Waals surface area contributed by atoms with Crippen molar-refractivity contribution in [1.82, 2.24) is 0 Å². The van der Waals surface area contributed by atoms with E-state index in [1.165, 1.54) is 6.07 Å². The van der Waals surface area contributed by atoms with Crippen molar-refractivity contribution in [3.05, 3.63) is 33.3 Å². The van der Waals surface area contributed by atoms with Gasteiger partial charge >= 0.3 is 5.97 Å². The fraction of sp³-hybridized carbons (Fsp3) is 0.524. The second kappa shape index (κ2) is 7.16. The van der Waals surface area contributed by atoms with E-state index < -0.39 is 36.7 Å². The maximum absolute atomic E-state index is 12.5. The Bertz CT molecular complexity index is 1020. The third-order valence-electron chi connectivity index (χ3n) is 6.99. The lowest BCUT2D eigenvalue weighted by Crippen LogP contribution is -2.61. The Morgan fingerprint density at radius 2 is 1.90 bits per heavy atom. The summed E-state index contributed by atoms with van der Waals surface area (Å²) in [4.78, 5) is 23.8. The topological polar surface area (TPSA) is 134 Å². The summed E-state index contributed by atoms with van der Waals surface area (Å²) in [6.45, 7) is 0. The summed E-state index contributed by atoms with van der Waals surface area (Å²) < 4.78 is 10.8. The Kier molecular flexibility index (Phi) is 4.89. The molecule has 0 unspecified atom stereocenters. The van der Waals surface area contributed by atoms with Gasteiger partial charge in [-0.1, -0.05) is 29.3 Å². The Labute approximate surface area is 187 Å². The first-order valence-corrected chi connectivity index (χ1v) is 10.8. The molecule has 0 aromatic heterocycles. The summed E-state index contributed by atoms with van der Waals surface area (Å²) >= 11 is 13.1. The zero-order valence-corrected chi connectivity index (χ0v) is 17.6. The van der Waals surface area contributed by atoms with Crippen molar-refractivity contribution in [2.75, 3.05) is 0 Å². The molecule has 10 heteroatoms. The molecule has 2 fully saturated rings. The molecule has 31 heavy (non-hydrogen) atoms. The highest BCUT2D eigenvalue weighted by atomic mass is 35.5. The number of benzene rings is 1. The Balaban J connectivity index is 1.48. The number of ketones is 1. The molecule has 7 atom stereocenters. The average Bonchev–Trinajstić information content (AvgIpc) is 3.28. The first kappa shape index (κ1) is 21.2. The Morgan fingerprint density at radius 1 is 1.16 bits per heavy atom. The number of rotatable bonds is 3. The molecule has 1 aromatic carbocycles. The predicted molar refractivity (Wildman–Crippen MR) is 108 cm³/mol. The number of hydrogen-bond acceptors (Lipinski definition) is 7. The second-order valence-corrected chi connectivity index (χ2v) is 9.46. The van der Waals surface area contributed by atoms with Crippen LogP contribution in [-0.2, 0) is 20.7 Å².